The van der Waals surface area contributed by atoms with Crippen molar-refractivity contribution in [3.63, 3.8) is 0 Å². The Balaban J connectivity index is 2.02. The standard InChI is InChI=1S/C19H16N2O/c1-22-17-12-13-19(21-20-16-10-6-3-7-11-16)18(14-17)15-8-4-2-5-9-15/h2-14H,1H3. The second-order valence-corrected chi connectivity index (χ2v) is 4.78. The molecule has 0 saturated heterocycles. The summed E-state index contributed by atoms with van der Waals surface area (Å²) in [6.45, 7) is 0. The predicted molar refractivity (Wildman–Crippen MR) is 89.0 cm³/mol. The van der Waals surface area contributed by atoms with Crippen molar-refractivity contribution in [3.05, 3.63) is 78.9 Å². The van der Waals surface area contributed by atoms with Crippen LogP contribution in [0.1, 0.15) is 0 Å². The van der Waals surface area contributed by atoms with Crippen LogP contribution >= 0.6 is 0 Å². The van der Waals surface area contributed by atoms with Crippen LogP contribution in [0, 0.1) is 0 Å². The summed E-state index contributed by atoms with van der Waals surface area (Å²) in [5, 5.41) is 8.70. The first-order valence-corrected chi connectivity index (χ1v) is 7.07. The summed E-state index contributed by atoms with van der Waals surface area (Å²) in [7, 11) is 1.66. The number of ether oxygens (including phenoxy) is 1. The van der Waals surface area contributed by atoms with E-state index in [-0.39, 0.29) is 0 Å². The third kappa shape index (κ3) is 3.20. The first-order chi connectivity index (χ1) is 10.9. The van der Waals surface area contributed by atoms with Gasteiger partial charge in [0.2, 0.25) is 0 Å². The maximum atomic E-state index is 5.32. The lowest BCUT2D eigenvalue weighted by molar-refractivity contribution is 0.415. The summed E-state index contributed by atoms with van der Waals surface area (Å²) in [5.74, 6) is 0.803. The molecule has 0 aliphatic heterocycles. The van der Waals surface area contributed by atoms with E-state index in [1.54, 1.807) is 7.11 Å². The Morgan fingerprint density at radius 1 is 0.727 bits per heavy atom. The smallest absolute Gasteiger partial charge is 0.119 e. The molecule has 0 unspecified atom stereocenters. The fourth-order valence-corrected chi connectivity index (χ4v) is 2.18. The van der Waals surface area contributed by atoms with Crippen LogP contribution in [0.2, 0.25) is 0 Å². The Morgan fingerprint density at radius 2 is 1.41 bits per heavy atom. The Morgan fingerprint density at radius 3 is 2.09 bits per heavy atom. The van der Waals surface area contributed by atoms with E-state index in [2.05, 4.69) is 22.4 Å². The topological polar surface area (TPSA) is 34.0 Å². The van der Waals surface area contributed by atoms with E-state index in [0.717, 1.165) is 28.3 Å². The summed E-state index contributed by atoms with van der Waals surface area (Å²) in [4.78, 5) is 0. The van der Waals surface area contributed by atoms with E-state index >= 15 is 0 Å². The molecule has 3 aromatic carbocycles. The molecule has 0 amide bonds. The minimum atomic E-state index is 0.803. The molecule has 0 saturated carbocycles. The average molecular weight is 288 g/mol. The van der Waals surface area contributed by atoms with Crippen LogP contribution in [-0.2, 0) is 0 Å². The number of hydrogen-bond acceptors (Lipinski definition) is 3. The molecule has 3 nitrogen and oxygen atoms in total. The van der Waals surface area contributed by atoms with Crippen molar-refractivity contribution >= 4 is 11.4 Å². The van der Waals surface area contributed by atoms with E-state index in [1.807, 2.05) is 66.7 Å². The van der Waals surface area contributed by atoms with Crippen LogP contribution in [0.4, 0.5) is 11.4 Å². The molecule has 0 fully saturated rings. The quantitative estimate of drug-likeness (QED) is 0.560. The van der Waals surface area contributed by atoms with Gasteiger partial charge in [-0.2, -0.15) is 5.11 Å². The molecule has 3 heteroatoms. The molecule has 0 aliphatic carbocycles. The molecule has 0 bridgehead atoms. The van der Waals surface area contributed by atoms with Crippen LogP contribution in [0.3, 0.4) is 0 Å². The zero-order valence-electron chi connectivity index (χ0n) is 12.3. The molecule has 0 spiro atoms. The van der Waals surface area contributed by atoms with Crippen LogP contribution in [0.25, 0.3) is 11.1 Å². The van der Waals surface area contributed by atoms with Crippen molar-refractivity contribution in [1.29, 1.82) is 0 Å². The highest BCUT2D eigenvalue weighted by Gasteiger charge is 2.06. The largest absolute Gasteiger partial charge is 0.497 e. The lowest BCUT2D eigenvalue weighted by Crippen LogP contribution is -1.84. The van der Waals surface area contributed by atoms with E-state index in [9.17, 15) is 0 Å². The Labute approximate surface area is 129 Å². The highest BCUT2D eigenvalue weighted by Crippen LogP contribution is 2.34. The molecular formula is C19H16N2O. The van der Waals surface area contributed by atoms with E-state index in [4.69, 9.17) is 4.74 Å². The normalized spacial score (nSPS) is 10.8. The lowest BCUT2D eigenvalue weighted by atomic mass is 10.0. The second kappa shape index (κ2) is 6.68. The molecule has 0 radical (unpaired) electrons. The minimum Gasteiger partial charge on any atom is -0.497 e. The van der Waals surface area contributed by atoms with Gasteiger partial charge in [0.05, 0.1) is 18.5 Å². The molecule has 0 aliphatic rings. The van der Waals surface area contributed by atoms with Crippen LogP contribution in [0.5, 0.6) is 5.75 Å². The summed E-state index contributed by atoms with van der Waals surface area (Å²) >= 11 is 0. The molecule has 3 rings (SSSR count). The Hall–Kier alpha value is -2.94. The van der Waals surface area contributed by atoms with Crippen molar-refractivity contribution in [3.8, 4) is 16.9 Å². The van der Waals surface area contributed by atoms with Gasteiger partial charge >= 0.3 is 0 Å². The summed E-state index contributed by atoms with van der Waals surface area (Å²) in [6.07, 6.45) is 0. The van der Waals surface area contributed by atoms with Gasteiger partial charge < -0.3 is 4.74 Å². The number of methoxy groups -OCH3 is 1. The summed E-state index contributed by atoms with van der Waals surface area (Å²) in [5.41, 5.74) is 3.73. The molecular weight excluding hydrogens is 272 g/mol. The molecule has 0 N–H and O–H groups in total. The third-order valence-corrected chi connectivity index (χ3v) is 3.32. The average Bonchev–Trinajstić information content (AvgIpc) is 2.61. The van der Waals surface area contributed by atoms with Crippen molar-refractivity contribution < 1.29 is 4.74 Å². The van der Waals surface area contributed by atoms with Gasteiger partial charge in [-0.05, 0) is 35.9 Å². The number of hydrogen-bond donors (Lipinski definition) is 0. The van der Waals surface area contributed by atoms with Gasteiger partial charge in [-0.3, -0.25) is 0 Å². The fourth-order valence-electron chi connectivity index (χ4n) is 2.18. The highest BCUT2D eigenvalue weighted by atomic mass is 16.5. The Bertz CT molecular complexity index is 768. The zero-order valence-corrected chi connectivity index (χ0v) is 12.3. The van der Waals surface area contributed by atoms with Crippen LogP contribution in [-0.4, -0.2) is 7.11 Å². The SMILES string of the molecule is COc1ccc(N=Nc2ccccc2)c(-c2ccccc2)c1. The maximum absolute atomic E-state index is 5.32. The molecule has 3 aromatic rings. The van der Waals surface area contributed by atoms with Crippen LogP contribution in [0.15, 0.2) is 89.1 Å². The first-order valence-electron chi connectivity index (χ1n) is 7.07. The van der Waals surface area contributed by atoms with Gasteiger partial charge in [-0.1, -0.05) is 48.5 Å². The highest BCUT2D eigenvalue weighted by molar-refractivity contribution is 5.77. The third-order valence-electron chi connectivity index (χ3n) is 3.32. The Kier molecular flexibility index (Phi) is 4.25. The molecule has 0 heterocycles. The number of benzene rings is 3. The lowest BCUT2D eigenvalue weighted by Gasteiger charge is -2.08. The summed E-state index contributed by atoms with van der Waals surface area (Å²) in [6, 6.07) is 25.6. The predicted octanol–water partition coefficient (Wildman–Crippen LogP) is 5.78. The molecule has 0 atom stereocenters. The number of azo groups is 1. The van der Waals surface area contributed by atoms with Crippen molar-refractivity contribution in [1.82, 2.24) is 0 Å². The van der Waals surface area contributed by atoms with Gasteiger partial charge in [-0.15, -0.1) is 5.11 Å². The van der Waals surface area contributed by atoms with Gasteiger partial charge in [0, 0.05) is 5.56 Å². The minimum absolute atomic E-state index is 0.803. The van der Waals surface area contributed by atoms with Crippen LogP contribution < -0.4 is 4.74 Å². The van der Waals surface area contributed by atoms with E-state index in [1.165, 1.54) is 0 Å². The van der Waals surface area contributed by atoms with E-state index in [0.29, 0.717) is 0 Å². The number of rotatable bonds is 4. The monoisotopic (exact) mass is 288 g/mol. The molecule has 0 aromatic heterocycles. The van der Waals surface area contributed by atoms with E-state index < -0.39 is 0 Å². The molecule has 22 heavy (non-hydrogen) atoms. The van der Waals surface area contributed by atoms with Gasteiger partial charge in [-0.25, -0.2) is 0 Å². The first kappa shape index (κ1) is 14.0. The number of nitrogens with zero attached hydrogens (tertiary/aromatic N) is 2. The van der Waals surface area contributed by atoms with Gasteiger partial charge in [0.1, 0.15) is 5.75 Å². The zero-order chi connectivity index (χ0) is 15.2. The van der Waals surface area contributed by atoms with Crippen molar-refractivity contribution in [2.75, 3.05) is 7.11 Å². The fraction of sp³-hybridized carbons (Fsp3) is 0.0526. The molecule has 108 valence electrons. The van der Waals surface area contributed by atoms with Crippen molar-refractivity contribution in [2.45, 2.75) is 0 Å². The van der Waals surface area contributed by atoms with Gasteiger partial charge in [0.15, 0.2) is 0 Å². The second-order valence-electron chi connectivity index (χ2n) is 4.78. The van der Waals surface area contributed by atoms with Crippen molar-refractivity contribution in [2.24, 2.45) is 10.2 Å². The summed E-state index contributed by atoms with van der Waals surface area (Å²) < 4.78 is 5.32. The van der Waals surface area contributed by atoms with Gasteiger partial charge in [0.25, 0.3) is 0 Å². The maximum Gasteiger partial charge on any atom is 0.119 e.